The molecule has 0 aromatic carbocycles. The minimum absolute atomic E-state index is 0.288. The van der Waals surface area contributed by atoms with Crippen molar-refractivity contribution in [2.45, 2.75) is 33.2 Å². The maximum atomic E-state index is 11.1. The van der Waals surface area contributed by atoms with Gasteiger partial charge in [0.05, 0.1) is 5.39 Å². The molecule has 2 rings (SSSR count). The second kappa shape index (κ2) is 4.89. The number of carbonyl (C=O) groups is 1. The molecule has 2 aromatic rings. The summed E-state index contributed by atoms with van der Waals surface area (Å²) in [4.78, 5) is 20.5. The Kier molecular flexibility index (Phi) is 3.47. The molecule has 0 radical (unpaired) electrons. The van der Waals surface area contributed by atoms with Crippen molar-refractivity contribution in [3.8, 4) is 0 Å². The molecular weight excluding hydrogens is 250 g/mol. The lowest BCUT2D eigenvalue weighted by Crippen LogP contribution is -2.14. The molecule has 5 nitrogen and oxygen atoms in total. The molecule has 0 aliphatic rings. The molecule has 1 unspecified atom stereocenters. The van der Waals surface area contributed by atoms with Crippen LogP contribution < -0.4 is 5.32 Å². The molecule has 0 fully saturated rings. The number of hydrogen-bond donors (Lipinski definition) is 2. The van der Waals surface area contributed by atoms with Crippen molar-refractivity contribution in [3.05, 3.63) is 16.8 Å². The smallest absolute Gasteiger partial charge is 0.346 e. The Bertz CT molecular complexity index is 594. The maximum absolute atomic E-state index is 11.1. The summed E-state index contributed by atoms with van der Waals surface area (Å²) >= 11 is 1.19. The van der Waals surface area contributed by atoms with Gasteiger partial charge in [-0.1, -0.05) is 6.92 Å². The highest BCUT2D eigenvalue weighted by molar-refractivity contribution is 7.20. The van der Waals surface area contributed by atoms with Crippen LogP contribution in [0.2, 0.25) is 0 Å². The summed E-state index contributed by atoms with van der Waals surface area (Å²) in [6, 6.07) is 0.288. The molecule has 0 bridgehead atoms. The van der Waals surface area contributed by atoms with Gasteiger partial charge in [0.25, 0.3) is 0 Å². The van der Waals surface area contributed by atoms with E-state index in [9.17, 15) is 4.79 Å². The Morgan fingerprint density at radius 2 is 2.28 bits per heavy atom. The summed E-state index contributed by atoms with van der Waals surface area (Å²) in [7, 11) is 0. The fourth-order valence-corrected chi connectivity index (χ4v) is 2.71. The van der Waals surface area contributed by atoms with E-state index >= 15 is 0 Å². The van der Waals surface area contributed by atoms with Crippen LogP contribution in [0.25, 0.3) is 10.2 Å². The summed E-state index contributed by atoms with van der Waals surface area (Å²) in [5.74, 6) is -0.194. The molecule has 0 aliphatic heterocycles. The molecule has 2 heterocycles. The zero-order valence-electron chi connectivity index (χ0n) is 10.5. The van der Waals surface area contributed by atoms with Gasteiger partial charge < -0.3 is 10.4 Å². The Hall–Kier alpha value is -1.69. The lowest BCUT2D eigenvalue weighted by Gasteiger charge is -2.12. The summed E-state index contributed by atoms with van der Waals surface area (Å²) in [5, 5.41) is 13.2. The molecule has 18 heavy (non-hydrogen) atoms. The summed E-state index contributed by atoms with van der Waals surface area (Å²) in [6.07, 6.45) is 2.44. The Labute approximate surface area is 109 Å². The number of carboxylic acid groups (broad SMARTS) is 1. The molecule has 96 valence electrons. The average Bonchev–Trinajstić information content (AvgIpc) is 2.68. The number of nitrogens with one attached hydrogen (secondary N) is 1. The second-order valence-corrected chi connectivity index (χ2v) is 5.22. The van der Waals surface area contributed by atoms with Crippen LogP contribution in [0.1, 0.15) is 35.5 Å². The Morgan fingerprint density at radius 1 is 1.56 bits per heavy atom. The number of aromatic nitrogens is 2. The number of aryl methyl sites for hydroxylation is 1. The zero-order valence-corrected chi connectivity index (χ0v) is 11.3. The molecule has 0 saturated carbocycles. The van der Waals surface area contributed by atoms with E-state index in [0.29, 0.717) is 9.71 Å². The summed E-state index contributed by atoms with van der Waals surface area (Å²) < 4.78 is 0. The third-order valence-electron chi connectivity index (χ3n) is 2.92. The number of thiophene rings is 1. The first kappa shape index (κ1) is 12.8. The molecule has 6 heteroatoms. The van der Waals surface area contributed by atoms with Crippen LogP contribution in [0, 0.1) is 6.92 Å². The molecule has 0 amide bonds. The number of anilines is 1. The van der Waals surface area contributed by atoms with E-state index in [1.807, 2.05) is 0 Å². The maximum Gasteiger partial charge on any atom is 0.346 e. The van der Waals surface area contributed by atoms with Crippen molar-refractivity contribution < 1.29 is 9.90 Å². The fraction of sp³-hybridized carbons (Fsp3) is 0.417. The highest BCUT2D eigenvalue weighted by atomic mass is 32.1. The number of carboxylic acids is 1. The van der Waals surface area contributed by atoms with E-state index in [-0.39, 0.29) is 6.04 Å². The van der Waals surface area contributed by atoms with Crippen molar-refractivity contribution in [2.24, 2.45) is 0 Å². The third kappa shape index (κ3) is 2.15. The van der Waals surface area contributed by atoms with Crippen molar-refractivity contribution >= 4 is 33.3 Å². The quantitative estimate of drug-likeness (QED) is 0.889. The summed E-state index contributed by atoms with van der Waals surface area (Å²) in [6.45, 7) is 5.94. The average molecular weight is 265 g/mol. The van der Waals surface area contributed by atoms with Crippen LogP contribution in [0.4, 0.5) is 5.82 Å². The van der Waals surface area contributed by atoms with Gasteiger partial charge in [0.2, 0.25) is 0 Å². The standard InChI is InChI=1S/C12H15N3O2S/c1-4-6(2)15-10-8-7(3)9(12(16)17)18-11(8)14-5-13-10/h5-6H,4H2,1-3H3,(H,16,17)(H,13,14,15). The lowest BCUT2D eigenvalue weighted by molar-refractivity contribution is 0.0701. The van der Waals surface area contributed by atoms with E-state index < -0.39 is 5.97 Å². The molecule has 2 N–H and O–H groups in total. The van der Waals surface area contributed by atoms with Gasteiger partial charge in [0.1, 0.15) is 21.9 Å². The normalized spacial score (nSPS) is 12.6. The number of hydrogen-bond acceptors (Lipinski definition) is 5. The van der Waals surface area contributed by atoms with Crippen LogP contribution in [0.3, 0.4) is 0 Å². The number of rotatable bonds is 4. The van der Waals surface area contributed by atoms with Crippen molar-refractivity contribution in [2.75, 3.05) is 5.32 Å². The first-order valence-electron chi connectivity index (χ1n) is 5.78. The predicted molar refractivity (Wildman–Crippen MR) is 72.5 cm³/mol. The molecule has 1 atom stereocenters. The summed E-state index contributed by atoms with van der Waals surface area (Å²) in [5.41, 5.74) is 0.730. The number of fused-ring (bicyclic) bond motifs is 1. The second-order valence-electron chi connectivity index (χ2n) is 4.22. The van der Waals surface area contributed by atoms with E-state index in [4.69, 9.17) is 5.11 Å². The highest BCUT2D eigenvalue weighted by Gasteiger charge is 2.18. The monoisotopic (exact) mass is 265 g/mol. The van der Waals surface area contributed by atoms with Gasteiger partial charge in [-0.15, -0.1) is 11.3 Å². The van der Waals surface area contributed by atoms with E-state index in [0.717, 1.165) is 23.2 Å². The molecular formula is C12H15N3O2S. The molecule has 0 spiro atoms. The van der Waals surface area contributed by atoms with Gasteiger partial charge in [0.15, 0.2) is 0 Å². The topological polar surface area (TPSA) is 75.1 Å². The minimum atomic E-state index is -0.912. The van der Waals surface area contributed by atoms with Gasteiger partial charge in [-0.25, -0.2) is 14.8 Å². The first-order chi connectivity index (χ1) is 8.54. The lowest BCUT2D eigenvalue weighted by atomic mass is 10.2. The first-order valence-corrected chi connectivity index (χ1v) is 6.60. The van der Waals surface area contributed by atoms with Gasteiger partial charge in [-0.05, 0) is 25.8 Å². The van der Waals surface area contributed by atoms with Gasteiger partial charge in [-0.2, -0.15) is 0 Å². The van der Waals surface area contributed by atoms with Crippen LogP contribution in [-0.4, -0.2) is 27.1 Å². The van der Waals surface area contributed by atoms with Crippen LogP contribution >= 0.6 is 11.3 Å². The van der Waals surface area contributed by atoms with E-state index in [1.54, 1.807) is 6.92 Å². The van der Waals surface area contributed by atoms with Gasteiger partial charge in [-0.3, -0.25) is 0 Å². The van der Waals surface area contributed by atoms with Crippen molar-refractivity contribution in [1.82, 2.24) is 9.97 Å². The fourth-order valence-electron chi connectivity index (χ4n) is 1.72. The number of nitrogens with zero attached hydrogens (tertiary/aromatic N) is 2. The highest BCUT2D eigenvalue weighted by Crippen LogP contribution is 2.33. The molecule has 0 saturated heterocycles. The van der Waals surface area contributed by atoms with Crippen molar-refractivity contribution in [1.29, 1.82) is 0 Å². The van der Waals surface area contributed by atoms with Crippen LogP contribution in [0.5, 0.6) is 0 Å². The van der Waals surface area contributed by atoms with Crippen LogP contribution in [-0.2, 0) is 0 Å². The van der Waals surface area contributed by atoms with E-state index in [1.165, 1.54) is 17.7 Å². The zero-order chi connectivity index (χ0) is 13.3. The molecule has 0 aliphatic carbocycles. The SMILES string of the molecule is CCC(C)Nc1ncnc2sc(C(=O)O)c(C)c12. The minimum Gasteiger partial charge on any atom is -0.477 e. The largest absolute Gasteiger partial charge is 0.477 e. The van der Waals surface area contributed by atoms with Gasteiger partial charge >= 0.3 is 5.97 Å². The van der Waals surface area contributed by atoms with Crippen molar-refractivity contribution in [3.63, 3.8) is 0 Å². The third-order valence-corrected chi connectivity index (χ3v) is 4.10. The number of aromatic carboxylic acids is 1. The molecule has 2 aromatic heterocycles. The van der Waals surface area contributed by atoms with E-state index in [2.05, 4.69) is 29.1 Å². The Morgan fingerprint density at radius 3 is 2.89 bits per heavy atom. The predicted octanol–water partition coefficient (Wildman–Crippen LogP) is 2.91. The van der Waals surface area contributed by atoms with Crippen LogP contribution in [0.15, 0.2) is 6.33 Å². The van der Waals surface area contributed by atoms with Gasteiger partial charge in [0, 0.05) is 6.04 Å². The Balaban J connectivity index is 2.57.